The number of nitrogens with zero attached hydrogens (tertiary/aromatic N) is 1. The zero-order chi connectivity index (χ0) is 8.10. The van der Waals surface area contributed by atoms with Crippen LogP contribution in [-0.4, -0.2) is 18.1 Å². The van der Waals surface area contributed by atoms with Crippen molar-refractivity contribution >= 4 is 11.5 Å². The van der Waals surface area contributed by atoms with E-state index in [2.05, 4.69) is 16.9 Å². The third-order valence-corrected chi connectivity index (χ3v) is 1.71. The summed E-state index contributed by atoms with van der Waals surface area (Å²) in [5.74, 6) is 0.0566. The van der Waals surface area contributed by atoms with E-state index in [1.165, 1.54) is 6.42 Å². The van der Waals surface area contributed by atoms with Gasteiger partial charge in [-0.1, -0.05) is 24.9 Å². The second kappa shape index (κ2) is 4.11. The lowest BCUT2D eigenvalue weighted by Crippen LogP contribution is -2.10. The molecule has 11 heavy (non-hydrogen) atoms. The monoisotopic (exact) mass is 155 g/mol. The molecule has 0 aromatic heterocycles. The zero-order valence-electron chi connectivity index (χ0n) is 6.80. The lowest BCUT2D eigenvalue weighted by Gasteiger charge is -1.93. The first-order valence-electron chi connectivity index (χ1n) is 4.06. The third kappa shape index (κ3) is 2.33. The van der Waals surface area contributed by atoms with Gasteiger partial charge in [-0.05, 0) is 12.8 Å². The fraction of sp³-hybridized carbons (Fsp3) is 0.750. The molecule has 0 aromatic rings. The number of rotatable bonds is 4. The van der Waals surface area contributed by atoms with Gasteiger partial charge in [0.15, 0.2) is 6.61 Å². The van der Waals surface area contributed by atoms with Crippen LogP contribution in [0.4, 0.5) is 0 Å². The summed E-state index contributed by atoms with van der Waals surface area (Å²) >= 11 is 0. The van der Waals surface area contributed by atoms with Crippen LogP contribution in [0.25, 0.3) is 0 Å². The summed E-state index contributed by atoms with van der Waals surface area (Å²) in [6, 6.07) is 0. The summed E-state index contributed by atoms with van der Waals surface area (Å²) < 4.78 is 0. The van der Waals surface area contributed by atoms with E-state index in [4.69, 9.17) is 0 Å². The summed E-state index contributed by atoms with van der Waals surface area (Å²) in [6.07, 6.45) is 4.16. The average molecular weight is 155 g/mol. The molecule has 0 unspecified atom stereocenters. The molecule has 0 aromatic carbocycles. The van der Waals surface area contributed by atoms with Gasteiger partial charge in [-0.25, -0.2) is 0 Å². The van der Waals surface area contributed by atoms with Gasteiger partial charge in [0.2, 0.25) is 5.78 Å². The van der Waals surface area contributed by atoms with Gasteiger partial charge in [0.25, 0.3) is 0 Å². The van der Waals surface area contributed by atoms with E-state index in [9.17, 15) is 4.79 Å². The number of unbranched alkanes of at least 4 members (excludes halogenated alkanes) is 2. The molecule has 0 radical (unpaired) electrons. The van der Waals surface area contributed by atoms with Crippen molar-refractivity contribution in [3.05, 3.63) is 0 Å². The second-order valence-corrected chi connectivity index (χ2v) is 2.69. The van der Waals surface area contributed by atoms with Crippen molar-refractivity contribution in [2.75, 3.05) is 6.61 Å². The van der Waals surface area contributed by atoms with Crippen molar-refractivity contribution in [1.82, 2.24) is 0 Å². The van der Waals surface area contributed by atoms with Crippen molar-refractivity contribution in [2.24, 2.45) is 5.16 Å². The summed E-state index contributed by atoms with van der Waals surface area (Å²) in [4.78, 5) is 15.6. The maximum absolute atomic E-state index is 10.9. The highest BCUT2D eigenvalue weighted by atomic mass is 16.6. The molecule has 3 nitrogen and oxygen atoms in total. The largest absolute Gasteiger partial charge is 0.387 e. The van der Waals surface area contributed by atoms with E-state index in [0.29, 0.717) is 5.71 Å². The Morgan fingerprint density at radius 3 is 2.91 bits per heavy atom. The summed E-state index contributed by atoms with van der Waals surface area (Å²) in [7, 11) is 0. The van der Waals surface area contributed by atoms with Crippen LogP contribution < -0.4 is 0 Å². The predicted molar refractivity (Wildman–Crippen MR) is 42.5 cm³/mol. The number of Topliss-reactive ketones (excluding diaryl/α,β-unsaturated/α-hetero) is 1. The van der Waals surface area contributed by atoms with Crippen LogP contribution in [-0.2, 0) is 9.63 Å². The Morgan fingerprint density at radius 1 is 1.55 bits per heavy atom. The Hall–Kier alpha value is -0.860. The number of hydrogen-bond donors (Lipinski definition) is 0. The van der Waals surface area contributed by atoms with Crippen LogP contribution in [0.3, 0.4) is 0 Å². The lowest BCUT2D eigenvalue weighted by molar-refractivity contribution is -0.115. The van der Waals surface area contributed by atoms with E-state index >= 15 is 0 Å². The number of carbonyl (C=O) groups is 1. The van der Waals surface area contributed by atoms with Crippen molar-refractivity contribution in [3.63, 3.8) is 0 Å². The highest BCUT2D eigenvalue weighted by Gasteiger charge is 2.17. The van der Waals surface area contributed by atoms with E-state index in [1.54, 1.807) is 0 Å². The topological polar surface area (TPSA) is 38.7 Å². The summed E-state index contributed by atoms with van der Waals surface area (Å²) in [6.45, 7) is 2.29. The quantitative estimate of drug-likeness (QED) is 0.577. The molecular weight excluding hydrogens is 142 g/mol. The number of carbonyl (C=O) groups excluding carboxylic acids is 1. The van der Waals surface area contributed by atoms with E-state index < -0.39 is 0 Å². The minimum absolute atomic E-state index is 0.0566. The molecule has 0 fully saturated rings. The molecule has 1 aliphatic rings. The SMILES string of the molecule is CCCCCC1=NOCC1=O. The fourth-order valence-electron chi connectivity index (χ4n) is 1.03. The van der Waals surface area contributed by atoms with Gasteiger partial charge in [0.1, 0.15) is 5.71 Å². The maximum atomic E-state index is 10.9. The highest BCUT2D eigenvalue weighted by molar-refractivity contribution is 6.41. The molecule has 3 heteroatoms. The normalized spacial score (nSPS) is 16.5. The first-order chi connectivity index (χ1) is 5.34. The van der Waals surface area contributed by atoms with Crippen molar-refractivity contribution in [1.29, 1.82) is 0 Å². The number of hydrogen-bond acceptors (Lipinski definition) is 3. The average Bonchev–Trinajstić information content (AvgIpc) is 2.37. The third-order valence-electron chi connectivity index (χ3n) is 1.71. The van der Waals surface area contributed by atoms with E-state index in [1.807, 2.05) is 0 Å². The highest BCUT2D eigenvalue weighted by Crippen LogP contribution is 2.06. The van der Waals surface area contributed by atoms with E-state index in [0.717, 1.165) is 19.3 Å². The van der Waals surface area contributed by atoms with Crippen LogP contribution in [0.15, 0.2) is 5.16 Å². The van der Waals surface area contributed by atoms with Gasteiger partial charge < -0.3 is 4.84 Å². The first kappa shape index (κ1) is 8.24. The summed E-state index contributed by atoms with van der Waals surface area (Å²) in [5.41, 5.74) is 0.624. The van der Waals surface area contributed by atoms with Crippen molar-refractivity contribution < 1.29 is 9.63 Å². The van der Waals surface area contributed by atoms with Crippen LogP contribution in [0.1, 0.15) is 32.6 Å². The molecule has 1 aliphatic heterocycles. The lowest BCUT2D eigenvalue weighted by atomic mass is 10.1. The van der Waals surface area contributed by atoms with Crippen molar-refractivity contribution in [2.45, 2.75) is 32.6 Å². The van der Waals surface area contributed by atoms with Gasteiger partial charge in [0.05, 0.1) is 0 Å². The van der Waals surface area contributed by atoms with Crippen LogP contribution >= 0.6 is 0 Å². The molecule has 0 spiro atoms. The molecule has 1 heterocycles. The molecule has 0 N–H and O–H groups in total. The molecule has 62 valence electrons. The fourth-order valence-corrected chi connectivity index (χ4v) is 1.03. The van der Waals surface area contributed by atoms with E-state index in [-0.39, 0.29) is 12.4 Å². The minimum Gasteiger partial charge on any atom is -0.387 e. The molecule has 0 saturated heterocycles. The maximum Gasteiger partial charge on any atom is 0.220 e. The van der Waals surface area contributed by atoms with Crippen LogP contribution in [0.5, 0.6) is 0 Å². The Bertz CT molecular complexity index is 175. The van der Waals surface area contributed by atoms with Gasteiger partial charge in [0, 0.05) is 0 Å². The van der Waals surface area contributed by atoms with Gasteiger partial charge in [-0.15, -0.1) is 0 Å². The standard InChI is InChI=1S/C8H13NO2/c1-2-3-4-5-7-8(10)6-11-9-7/h2-6H2,1H3. The summed E-state index contributed by atoms with van der Waals surface area (Å²) in [5, 5.41) is 3.66. The van der Waals surface area contributed by atoms with Crippen LogP contribution in [0, 0.1) is 0 Å². The van der Waals surface area contributed by atoms with Gasteiger partial charge in [-0.2, -0.15) is 0 Å². The molecule has 0 atom stereocenters. The molecule has 1 rings (SSSR count). The molecule has 0 amide bonds. The Morgan fingerprint density at radius 2 is 2.36 bits per heavy atom. The second-order valence-electron chi connectivity index (χ2n) is 2.69. The Balaban J connectivity index is 2.20. The zero-order valence-corrected chi connectivity index (χ0v) is 6.80. The molecular formula is C8H13NO2. The Labute approximate surface area is 66.4 Å². The molecule has 0 aliphatic carbocycles. The first-order valence-corrected chi connectivity index (χ1v) is 4.06. The van der Waals surface area contributed by atoms with Gasteiger partial charge >= 0.3 is 0 Å². The predicted octanol–water partition coefficient (Wildman–Crippen LogP) is 1.52. The number of ketones is 1. The van der Waals surface area contributed by atoms with Crippen LogP contribution in [0.2, 0.25) is 0 Å². The molecule has 0 bridgehead atoms. The number of oxime groups is 1. The minimum atomic E-state index is 0.0566. The van der Waals surface area contributed by atoms with Crippen molar-refractivity contribution in [3.8, 4) is 0 Å². The van der Waals surface area contributed by atoms with Gasteiger partial charge in [-0.3, -0.25) is 4.79 Å². The smallest absolute Gasteiger partial charge is 0.220 e. The Kier molecular flexibility index (Phi) is 3.08. The molecule has 0 saturated carbocycles.